The molecule has 0 N–H and O–H groups in total. The van der Waals surface area contributed by atoms with Crippen LogP contribution in [0.5, 0.6) is 0 Å². The molecule has 1 aliphatic heterocycles. The number of hydrogen-bond donors (Lipinski definition) is 0. The van der Waals surface area contributed by atoms with Crippen molar-refractivity contribution in [1.82, 2.24) is 0 Å². The second-order valence-corrected chi connectivity index (χ2v) is 6.58. The Labute approximate surface area is 129 Å². The molecule has 1 unspecified atom stereocenters. The molecule has 2 rings (SSSR count). The van der Waals surface area contributed by atoms with Crippen molar-refractivity contribution in [2.45, 2.75) is 31.5 Å². The van der Waals surface area contributed by atoms with E-state index in [9.17, 15) is 9.59 Å². The summed E-state index contributed by atoms with van der Waals surface area (Å²) in [7, 11) is 0. The molecule has 1 heterocycles. The van der Waals surface area contributed by atoms with Crippen molar-refractivity contribution < 1.29 is 9.59 Å². The minimum Gasteiger partial charge on any atom is -0.312 e. The number of Topliss-reactive ketones (excluding diaryl/α,β-unsaturated/α-hetero) is 1. The van der Waals surface area contributed by atoms with Gasteiger partial charge in [-0.05, 0) is 30.5 Å². The van der Waals surface area contributed by atoms with Gasteiger partial charge in [0.05, 0.1) is 4.83 Å². The number of nitrogens with zero attached hydrogens (tertiary/aromatic N) is 1. The van der Waals surface area contributed by atoms with Crippen LogP contribution in [0.3, 0.4) is 0 Å². The number of benzene rings is 1. The second-order valence-electron chi connectivity index (χ2n) is 4.62. The third-order valence-corrected chi connectivity index (χ3v) is 5.07. The van der Waals surface area contributed by atoms with Crippen LogP contribution in [0.2, 0.25) is 0 Å². The molecule has 0 aromatic heterocycles. The lowest BCUT2D eigenvalue weighted by atomic mass is 10.0. The normalized spacial score (nSPS) is 15.3. The Hall–Kier alpha value is -0.680. The predicted octanol–water partition coefficient (Wildman–Crippen LogP) is 3.71. The molecule has 102 valence electrons. The third kappa shape index (κ3) is 2.77. The van der Waals surface area contributed by atoms with Gasteiger partial charge in [-0.1, -0.05) is 38.8 Å². The van der Waals surface area contributed by atoms with Gasteiger partial charge < -0.3 is 4.90 Å². The van der Waals surface area contributed by atoms with Gasteiger partial charge in [-0.25, -0.2) is 0 Å². The molecule has 0 saturated heterocycles. The first-order valence-corrected chi connectivity index (χ1v) is 7.95. The summed E-state index contributed by atoms with van der Waals surface area (Å²) in [6.07, 6.45) is 1.58. The monoisotopic (exact) mass is 387 g/mol. The van der Waals surface area contributed by atoms with E-state index >= 15 is 0 Å². The Kier molecular flexibility index (Phi) is 4.46. The Morgan fingerprint density at radius 2 is 2.11 bits per heavy atom. The minimum atomic E-state index is -0.186. The fraction of sp³-hybridized carbons (Fsp3) is 0.429. The summed E-state index contributed by atoms with van der Waals surface area (Å²) in [5.74, 6) is 0.0675. The summed E-state index contributed by atoms with van der Waals surface area (Å²) in [6, 6.07) is 3.79. The highest BCUT2D eigenvalue weighted by Crippen LogP contribution is 2.34. The lowest BCUT2D eigenvalue weighted by Gasteiger charge is -2.17. The summed E-state index contributed by atoms with van der Waals surface area (Å²) in [6.45, 7) is 4.21. The van der Waals surface area contributed by atoms with Gasteiger partial charge in [-0.3, -0.25) is 9.59 Å². The van der Waals surface area contributed by atoms with Crippen molar-refractivity contribution >= 4 is 49.2 Å². The van der Waals surface area contributed by atoms with Crippen LogP contribution in [0.4, 0.5) is 5.69 Å². The molecular formula is C14H15Br2NO2. The SMILES string of the molecule is CCC(Br)C(=O)c1cc2c(cc1Br)CCN2C(C)=O. The predicted molar refractivity (Wildman–Crippen MR) is 83.2 cm³/mol. The first kappa shape index (κ1) is 14.7. The number of alkyl halides is 1. The van der Waals surface area contributed by atoms with Gasteiger partial charge >= 0.3 is 0 Å². The molecule has 1 aliphatic rings. The minimum absolute atomic E-state index is 0.0188. The number of hydrogen-bond acceptors (Lipinski definition) is 2. The summed E-state index contributed by atoms with van der Waals surface area (Å²) < 4.78 is 0.805. The summed E-state index contributed by atoms with van der Waals surface area (Å²) >= 11 is 6.85. The van der Waals surface area contributed by atoms with Crippen molar-refractivity contribution in [2.75, 3.05) is 11.4 Å². The van der Waals surface area contributed by atoms with Crippen molar-refractivity contribution in [2.24, 2.45) is 0 Å². The zero-order valence-corrected chi connectivity index (χ0v) is 14.0. The first-order valence-electron chi connectivity index (χ1n) is 6.24. The average Bonchev–Trinajstić information content (AvgIpc) is 2.78. The fourth-order valence-electron chi connectivity index (χ4n) is 2.28. The van der Waals surface area contributed by atoms with Gasteiger partial charge in [0, 0.05) is 29.2 Å². The molecule has 0 aliphatic carbocycles. The van der Waals surface area contributed by atoms with Crippen molar-refractivity contribution in [3.8, 4) is 0 Å². The Bertz CT molecular complexity index is 542. The van der Waals surface area contributed by atoms with E-state index in [1.807, 2.05) is 19.1 Å². The van der Waals surface area contributed by atoms with E-state index in [0.717, 1.165) is 28.6 Å². The molecule has 1 aromatic carbocycles. The highest BCUT2D eigenvalue weighted by Gasteiger charge is 2.26. The molecule has 0 radical (unpaired) electrons. The lowest BCUT2D eigenvalue weighted by molar-refractivity contribution is -0.116. The number of carbonyl (C=O) groups is 2. The average molecular weight is 389 g/mol. The second kappa shape index (κ2) is 5.75. The van der Waals surface area contributed by atoms with Gasteiger partial charge in [0.2, 0.25) is 5.91 Å². The van der Waals surface area contributed by atoms with Crippen LogP contribution >= 0.6 is 31.9 Å². The van der Waals surface area contributed by atoms with Crippen LogP contribution in [0.1, 0.15) is 36.2 Å². The van der Waals surface area contributed by atoms with Crippen molar-refractivity contribution in [1.29, 1.82) is 0 Å². The van der Waals surface area contributed by atoms with Crippen LogP contribution in [0, 0.1) is 0 Å². The first-order chi connectivity index (χ1) is 8.95. The Balaban J connectivity index is 2.45. The largest absolute Gasteiger partial charge is 0.312 e. The zero-order valence-electron chi connectivity index (χ0n) is 10.9. The van der Waals surface area contributed by atoms with E-state index in [2.05, 4.69) is 31.9 Å². The molecule has 0 spiro atoms. The van der Waals surface area contributed by atoms with Crippen LogP contribution < -0.4 is 4.90 Å². The van der Waals surface area contributed by atoms with Crippen LogP contribution in [0.15, 0.2) is 16.6 Å². The molecule has 1 aromatic rings. The van der Waals surface area contributed by atoms with Crippen LogP contribution in [-0.4, -0.2) is 23.1 Å². The van der Waals surface area contributed by atoms with Gasteiger partial charge in [0.15, 0.2) is 5.78 Å². The van der Waals surface area contributed by atoms with Crippen LogP contribution in [0.25, 0.3) is 0 Å². The number of halogens is 2. The maximum Gasteiger partial charge on any atom is 0.223 e. The topological polar surface area (TPSA) is 37.4 Å². The highest BCUT2D eigenvalue weighted by atomic mass is 79.9. The maximum atomic E-state index is 12.3. The Morgan fingerprint density at radius 3 is 2.68 bits per heavy atom. The van der Waals surface area contributed by atoms with Crippen LogP contribution in [-0.2, 0) is 11.2 Å². The van der Waals surface area contributed by atoms with Gasteiger partial charge in [-0.15, -0.1) is 0 Å². The van der Waals surface area contributed by atoms with Gasteiger partial charge in [0.1, 0.15) is 0 Å². The zero-order chi connectivity index (χ0) is 14.2. The number of fused-ring (bicyclic) bond motifs is 1. The number of carbonyl (C=O) groups excluding carboxylic acids is 2. The molecule has 5 heteroatoms. The number of ketones is 1. The molecule has 19 heavy (non-hydrogen) atoms. The highest BCUT2D eigenvalue weighted by molar-refractivity contribution is 9.10. The molecule has 1 amide bonds. The lowest BCUT2D eigenvalue weighted by Crippen LogP contribution is -2.26. The van der Waals surface area contributed by atoms with Crippen molar-refractivity contribution in [3.63, 3.8) is 0 Å². The van der Waals surface area contributed by atoms with E-state index in [0.29, 0.717) is 12.1 Å². The number of anilines is 1. The Morgan fingerprint density at radius 1 is 1.42 bits per heavy atom. The molecule has 1 atom stereocenters. The fourth-order valence-corrected chi connectivity index (χ4v) is 3.11. The summed E-state index contributed by atoms with van der Waals surface area (Å²) in [5.41, 5.74) is 2.62. The van der Waals surface area contributed by atoms with Gasteiger partial charge in [-0.2, -0.15) is 0 Å². The van der Waals surface area contributed by atoms with E-state index in [4.69, 9.17) is 0 Å². The quantitative estimate of drug-likeness (QED) is 0.584. The molecule has 3 nitrogen and oxygen atoms in total. The van der Waals surface area contributed by atoms with E-state index < -0.39 is 0 Å². The smallest absolute Gasteiger partial charge is 0.223 e. The number of amides is 1. The van der Waals surface area contributed by atoms with Gasteiger partial charge in [0.25, 0.3) is 0 Å². The molecule has 0 bridgehead atoms. The molecule has 0 fully saturated rings. The molecular weight excluding hydrogens is 374 g/mol. The summed E-state index contributed by atoms with van der Waals surface area (Å²) in [4.78, 5) is 25.4. The van der Waals surface area contributed by atoms with E-state index in [-0.39, 0.29) is 16.5 Å². The standard InChI is InChI=1S/C14H15Br2NO2/c1-3-11(15)14(19)10-7-13-9(6-12(10)16)4-5-17(13)8(2)18/h6-7,11H,3-5H2,1-2H3. The third-order valence-electron chi connectivity index (χ3n) is 3.35. The van der Waals surface area contributed by atoms with Crippen molar-refractivity contribution in [3.05, 3.63) is 27.7 Å². The van der Waals surface area contributed by atoms with E-state index in [1.54, 1.807) is 11.8 Å². The molecule has 0 saturated carbocycles. The maximum absolute atomic E-state index is 12.3. The van der Waals surface area contributed by atoms with E-state index in [1.165, 1.54) is 0 Å². The summed E-state index contributed by atoms with van der Waals surface area (Å²) in [5, 5.41) is 0. The number of rotatable bonds is 3.